The topological polar surface area (TPSA) is 25.8 Å². The van der Waals surface area contributed by atoms with Crippen molar-refractivity contribution >= 4 is 66.3 Å². The van der Waals surface area contributed by atoms with Gasteiger partial charge in [0.25, 0.3) is 0 Å². The summed E-state index contributed by atoms with van der Waals surface area (Å²) in [5, 5.41) is 8.22. The largest absolute Gasteiger partial charge is 0.254 e. The molecule has 0 aliphatic carbocycles. The van der Waals surface area contributed by atoms with Crippen molar-refractivity contribution in [3.63, 3.8) is 0 Å². The molecule has 0 radical (unpaired) electrons. The van der Waals surface area contributed by atoms with E-state index in [4.69, 9.17) is 21.8 Å². The maximum Gasteiger partial charge on any atom is 0.0978 e. The molecule has 2 aromatic heterocycles. The van der Waals surface area contributed by atoms with Crippen molar-refractivity contribution in [2.24, 2.45) is 0 Å². The van der Waals surface area contributed by atoms with Crippen LogP contribution < -0.4 is 15.9 Å². The van der Waals surface area contributed by atoms with E-state index < -0.39 is 6.04 Å². The van der Waals surface area contributed by atoms with Crippen LogP contribution in [0.1, 0.15) is 0 Å². The van der Waals surface area contributed by atoms with Crippen LogP contribution in [0.25, 0.3) is 43.8 Å². The average Bonchev–Trinajstić information content (AvgIpc) is 3.01. The van der Waals surface area contributed by atoms with Gasteiger partial charge in [0.1, 0.15) is 0 Å². The number of hydrogen-bond acceptors (Lipinski definition) is 3. The van der Waals surface area contributed by atoms with Crippen LogP contribution in [0.15, 0.2) is 140 Å². The normalized spacial score (nSPS) is 11.8. The molecule has 38 heavy (non-hydrogen) atoms. The van der Waals surface area contributed by atoms with Gasteiger partial charge in [0.2, 0.25) is 0 Å². The summed E-state index contributed by atoms with van der Waals surface area (Å²) in [4.78, 5) is 9.89. The molecule has 2 heterocycles. The molecule has 0 spiro atoms. The maximum atomic E-state index is 6.51. The zero-order chi connectivity index (χ0) is 25.5. The van der Waals surface area contributed by atoms with Crippen LogP contribution in [-0.4, -0.2) is 9.97 Å². The Morgan fingerprint density at radius 3 is 1.61 bits per heavy atom. The summed E-state index contributed by atoms with van der Waals surface area (Å²) < 4.78 is 0. The monoisotopic (exact) mass is 522 g/mol. The van der Waals surface area contributed by atoms with Crippen LogP contribution in [0.2, 0.25) is 0 Å². The van der Waals surface area contributed by atoms with Crippen LogP contribution in [-0.2, 0) is 11.8 Å². The quantitative estimate of drug-likeness (QED) is 0.178. The molecule has 0 saturated carbocycles. The lowest BCUT2D eigenvalue weighted by molar-refractivity contribution is 1.37. The first-order valence-electron chi connectivity index (χ1n) is 12.6. The van der Waals surface area contributed by atoms with Crippen molar-refractivity contribution in [2.45, 2.75) is 0 Å². The molecule has 7 aromatic rings. The molecule has 4 heteroatoms. The minimum atomic E-state index is -2.18. The lowest BCUT2D eigenvalue weighted by atomic mass is 9.99. The number of pyridine rings is 2. The van der Waals surface area contributed by atoms with Gasteiger partial charge in [-0.3, -0.25) is 4.98 Å². The van der Waals surface area contributed by atoms with Crippen LogP contribution in [0.3, 0.4) is 0 Å². The van der Waals surface area contributed by atoms with Crippen LogP contribution in [0, 0.1) is 0 Å². The molecule has 2 nitrogen and oxygen atoms in total. The molecule has 0 fully saturated rings. The molecule has 5 aromatic carbocycles. The summed E-state index contributed by atoms with van der Waals surface area (Å²) in [6.07, 6.45) is 1.85. The van der Waals surface area contributed by atoms with Crippen molar-refractivity contribution < 1.29 is 0 Å². The summed E-state index contributed by atoms with van der Waals surface area (Å²) in [5.41, 5.74) is 3.86. The Morgan fingerprint density at radius 2 is 0.974 bits per heavy atom. The Morgan fingerprint density at radius 1 is 0.447 bits per heavy atom. The summed E-state index contributed by atoms with van der Waals surface area (Å²) in [6.45, 7) is 0. The first-order chi connectivity index (χ1) is 18.7. The Hall–Kier alpha value is -4.17. The fraction of sp³-hybridized carbons (Fsp3) is 0. The van der Waals surface area contributed by atoms with E-state index in [9.17, 15) is 0 Å². The first kappa shape index (κ1) is 23.0. The first-order valence-corrected chi connectivity index (χ1v) is 15.4. The van der Waals surface area contributed by atoms with Gasteiger partial charge < -0.3 is 0 Å². The SMILES string of the molecule is S=P(c1ccccc1)(c1ccccc1)c1ccc(-c2ccc3c4ccccc4c4cccnc4c3n2)cc1. The number of benzene rings is 5. The van der Waals surface area contributed by atoms with Crippen molar-refractivity contribution in [3.8, 4) is 11.3 Å². The fourth-order valence-corrected chi connectivity index (χ4v) is 9.09. The van der Waals surface area contributed by atoms with Gasteiger partial charge in [-0.1, -0.05) is 127 Å². The van der Waals surface area contributed by atoms with Gasteiger partial charge in [0, 0.05) is 28.6 Å². The zero-order valence-electron chi connectivity index (χ0n) is 20.5. The van der Waals surface area contributed by atoms with Crippen LogP contribution in [0.5, 0.6) is 0 Å². The van der Waals surface area contributed by atoms with E-state index in [0.29, 0.717) is 0 Å². The molecule has 0 unspecified atom stereocenters. The molecule has 0 saturated heterocycles. The highest BCUT2D eigenvalue weighted by Crippen LogP contribution is 2.43. The van der Waals surface area contributed by atoms with E-state index in [-0.39, 0.29) is 0 Å². The highest BCUT2D eigenvalue weighted by atomic mass is 32.4. The summed E-state index contributed by atoms with van der Waals surface area (Å²) in [5.74, 6) is 0. The van der Waals surface area contributed by atoms with E-state index in [1.54, 1.807) is 0 Å². The van der Waals surface area contributed by atoms with E-state index >= 15 is 0 Å². The standard InChI is InChI=1S/C34H23N2PS/c38-37(25-10-3-1-4-11-25,26-12-5-2-6-13-26)27-19-17-24(18-20-27)32-22-21-31-29-15-8-7-14-28(29)30-16-9-23-35-33(30)34(31)36-32/h1-23H. The Bertz CT molecular complexity index is 1910. The molecule has 0 aliphatic rings. The molecule has 0 bridgehead atoms. The molecule has 7 rings (SSSR count). The smallest absolute Gasteiger partial charge is 0.0978 e. The van der Waals surface area contributed by atoms with Gasteiger partial charge in [-0.2, -0.15) is 0 Å². The Kier molecular flexibility index (Phi) is 5.62. The second kappa shape index (κ2) is 9.29. The van der Waals surface area contributed by atoms with Crippen molar-refractivity contribution in [1.29, 1.82) is 0 Å². The molecule has 180 valence electrons. The maximum absolute atomic E-state index is 6.51. The van der Waals surface area contributed by atoms with Crippen molar-refractivity contribution in [3.05, 3.63) is 140 Å². The molecule has 0 amide bonds. The second-order valence-electron chi connectivity index (χ2n) is 9.37. The summed E-state index contributed by atoms with van der Waals surface area (Å²) >= 11 is 6.51. The Labute approximate surface area is 226 Å². The van der Waals surface area contributed by atoms with Gasteiger partial charge in [-0.25, -0.2) is 4.98 Å². The molecule has 0 atom stereocenters. The number of rotatable bonds is 4. The third kappa shape index (κ3) is 3.67. The van der Waals surface area contributed by atoms with Gasteiger partial charge in [-0.05, 0) is 44.9 Å². The van der Waals surface area contributed by atoms with E-state index in [1.165, 1.54) is 26.7 Å². The van der Waals surface area contributed by atoms with Gasteiger partial charge in [0.15, 0.2) is 0 Å². The van der Waals surface area contributed by atoms with Gasteiger partial charge in [-0.15, -0.1) is 0 Å². The third-order valence-corrected chi connectivity index (χ3v) is 12.2. The van der Waals surface area contributed by atoms with Crippen LogP contribution >= 0.6 is 6.04 Å². The lowest BCUT2D eigenvalue weighted by Gasteiger charge is -2.24. The van der Waals surface area contributed by atoms with E-state index in [0.717, 1.165) is 33.1 Å². The highest BCUT2D eigenvalue weighted by molar-refractivity contribution is 8.25. The lowest BCUT2D eigenvalue weighted by Crippen LogP contribution is -2.24. The minimum Gasteiger partial charge on any atom is -0.254 e. The van der Waals surface area contributed by atoms with E-state index in [1.807, 2.05) is 24.4 Å². The number of hydrogen-bond donors (Lipinski definition) is 0. The predicted octanol–water partition coefficient (Wildman–Crippen LogP) is 7.36. The fourth-order valence-electron chi connectivity index (χ4n) is 5.35. The zero-order valence-corrected chi connectivity index (χ0v) is 22.2. The molecular weight excluding hydrogens is 499 g/mol. The summed E-state index contributed by atoms with van der Waals surface area (Å²) in [6, 6.07) is 44.5. The Balaban J connectivity index is 1.38. The second-order valence-corrected chi connectivity index (χ2v) is 13.8. The number of aromatic nitrogens is 2. The molecular formula is C34H23N2PS. The highest BCUT2D eigenvalue weighted by Gasteiger charge is 2.24. The van der Waals surface area contributed by atoms with Gasteiger partial charge in [0.05, 0.1) is 16.7 Å². The minimum absolute atomic E-state index is 0.930. The molecule has 0 aliphatic heterocycles. The van der Waals surface area contributed by atoms with Gasteiger partial charge >= 0.3 is 0 Å². The van der Waals surface area contributed by atoms with Crippen molar-refractivity contribution in [1.82, 2.24) is 9.97 Å². The number of nitrogens with zero attached hydrogens (tertiary/aromatic N) is 2. The number of fused-ring (bicyclic) bond motifs is 6. The molecule has 0 N–H and O–H groups in total. The van der Waals surface area contributed by atoms with Crippen LogP contribution in [0.4, 0.5) is 0 Å². The summed E-state index contributed by atoms with van der Waals surface area (Å²) in [7, 11) is 0. The van der Waals surface area contributed by atoms with Crippen molar-refractivity contribution in [2.75, 3.05) is 0 Å². The third-order valence-electron chi connectivity index (χ3n) is 7.20. The van der Waals surface area contributed by atoms with E-state index in [2.05, 4.69) is 115 Å². The predicted molar refractivity (Wildman–Crippen MR) is 166 cm³/mol. The average molecular weight is 523 g/mol.